The molecule has 1 rings (SSSR count). The molecule has 6 heteroatoms. The van der Waals surface area contributed by atoms with Crippen molar-refractivity contribution in [1.82, 2.24) is 0 Å². The first-order chi connectivity index (χ1) is 7.95. The van der Waals surface area contributed by atoms with Gasteiger partial charge in [0.05, 0.1) is 18.2 Å². The van der Waals surface area contributed by atoms with Gasteiger partial charge in [0.2, 0.25) is 5.91 Å². The molecule has 1 aromatic carbocycles. The average Bonchev–Trinajstić information content (AvgIpc) is 2.28. The molecular formula is C11H13ClN2O3. The molecule has 0 spiro atoms. The standard InChI is InChI=1S/C11H13ClN2O3/c1-17-10-3-2-6(4-7(10)12)9(15)5-8(13)11(14)16/h2-4,8H,5,13H2,1H3,(H2,14,16). The number of ketones is 1. The van der Waals surface area contributed by atoms with E-state index in [1.807, 2.05) is 0 Å². The van der Waals surface area contributed by atoms with E-state index in [0.29, 0.717) is 16.3 Å². The Kier molecular flexibility index (Phi) is 4.48. The van der Waals surface area contributed by atoms with Crippen LogP contribution in [-0.4, -0.2) is 24.8 Å². The van der Waals surface area contributed by atoms with Crippen molar-refractivity contribution in [3.8, 4) is 5.75 Å². The molecule has 5 nitrogen and oxygen atoms in total. The quantitative estimate of drug-likeness (QED) is 0.760. The van der Waals surface area contributed by atoms with Crippen molar-refractivity contribution in [2.45, 2.75) is 12.5 Å². The second-order valence-corrected chi connectivity index (χ2v) is 3.89. The zero-order valence-corrected chi connectivity index (χ0v) is 10.0. The van der Waals surface area contributed by atoms with Crippen molar-refractivity contribution in [2.75, 3.05) is 7.11 Å². The largest absolute Gasteiger partial charge is 0.495 e. The highest BCUT2D eigenvalue weighted by molar-refractivity contribution is 6.32. The van der Waals surface area contributed by atoms with Crippen molar-refractivity contribution in [1.29, 1.82) is 0 Å². The van der Waals surface area contributed by atoms with E-state index < -0.39 is 11.9 Å². The molecule has 0 aromatic heterocycles. The Hall–Kier alpha value is -1.59. The van der Waals surface area contributed by atoms with Gasteiger partial charge in [-0.05, 0) is 18.2 Å². The number of methoxy groups -OCH3 is 1. The lowest BCUT2D eigenvalue weighted by Crippen LogP contribution is -2.38. The fraction of sp³-hybridized carbons (Fsp3) is 0.273. The highest BCUT2D eigenvalue weighted by Gasteiger charge is 2.16. The van der Waals surface area contributed by atoms with Gasteiger partial charge in [0.15, 0.2) is 5.78 Å². The predicted molar refractivity (Wildman–Crippen MR) is 64.1 cm³/mol. The topological polar surface area (TPSA) is 95.4 Å². The van der Waals surface area contributed by atoms with Gasteiger partial charge in [-0.2, -0.15) is 0 Å². The van der Waals surface area contributed by atoms with Crippen molar-refractivity contribution in [3.63, 3.8) is 0 Å². The number of primary amides is 1. The Morgan fingerprint density at radius 2 is 2.12 bits per heavy atom. The first-order valence-corrected chi connectivity index (χ1v) is 5.25. The minimum absolute atomic E-state index is 0.141. The number of carbonyl (C=O) groups is 2. The Labute approximate surface area is 104 Å². The van der Waals surface area contributed by atoms with Gasteiger partial charge >= 0.3 is 0 Å². The van der Waals surface area contributed by atoms with Crippen molar-refractivity contribution >= 4 is 23.3 Å². The monoisotopic (exact) mass is 256 g/mol. The normalized spacial score (nSPS) is 11.9. The lowest BCUT2D eigenvalue weighted by molar-refractivity contribution is -0.119. The maximum absolute atomic E-state index is 11.7. The summed E-state index contributed by atoms with van der Waals surface area (Å²) in [7, 11) is 1.48. The van der Waals surface area contributed by atoms with Gasteiger partial charge in [0.1, 0.15) is 5.75 Å². The van der Waals surface area contributed by atoms with E-state index >= 15 is 0 Å². The van der Waals surface area contributed by atoms with Crippen LogP contribution in [0.25, 0.3) is 0 Å². The molecule has 17 heavy (non-hydrogen) atoms. The number of nitrogens with two attached hydrogens (primary N) is 2. The molecule has 0 bridgehead atoms. The van der Waals surface area contributed by atoms with Gasteiger partial charge in [-0.1, -0.05) is 11.6 Å². The summed E-state index contributed by atoms with van der Waals surface area (Å²) in [6.45, 7) is 0. The van der Waals surface area contributed by atoms with Crippen LogP contribution in [0.1, 0.15) is 16.8 Å². The summed E-state index contributed by atoms with van der Waals surface area (Å²) in [5.41, 5.74) is 10.7. The van der Waals surface area contributed by atoms with E-state index in [4.69, 9.17) is 27.8 Å². The maximum Gasteiger partial charge on any atom is 0.234 e. The molecule has 1 unspecified atom stereocenters. The third-order valence-electron chi connectivity index (χ3n) is 2.24. The zero-order valence-electron chi connectivity index (χ0n) is 9.27. The lowest BCUT2D eigenvalue weighted by atomic mass is 10.0. The molecule has 0 aliphatic carbocycles. The smallest absolute Gasteiger partial charge is 0.234 e. The van der Waals surface area contributed by atoms with Crippen LogP contribution >= 0.6 is 11.6 Å². The maximum atomic E-state index is 11.7. The number of amides is 1. The van der Waals surface area contributed by atoms with E-state index in [1.54, 1.807) is 12.1 Å². The van der Waals surface area contributed by atoms with Gasteiger partial charge in [0.25, 0.3) is 0 Å². The SMILES string of the molecule is COc1ccc(C(=O)CC(N)C(N)=O)cc1Cl. The molecule has 0 radical (unpaired) electrons. The first kappa shape index (κ1) is 13.5. The molecule has 0 aliphatic heterocycles. The highest BCUT2D eigenvalue weighted by Crippen LogP contribution is 2.25. The number of benzene rings is 1. The second kappa shape index (κ2) is 5.65. The molecule has 0 saturated carbocycles. The van der Waals surface area contributed by atoms with Gasteiger partial charge in [0, 0.05) is 12.0 Å². The lowest BCUT2D eigenvalue weighted by Gasteiger charge is -2.08. The number of hydrogen-bond acceptors (Lipinski definition) is 4. The summed E-state index contributed by atoms with van der Waals surface area (Å²) in [6, 6.07) is 3.62. The van der Waals surface area contributed by atoms with Crippen LogP contribution in [0.5, 0.6) is 5.75 Å². The molecule has 92 valence electrons. The molecule has 1 aromatic rings. The van der Waals surface area contributed by atoms with Gasteiger partial charge in [-0.25, -0.2) is 0 Å². The Morgan fingerprint density at radius 1 is 1.47 bits per heavy atom. The number of hydrogen-bond donors (Lipinski definition) is 2. The Balaban J connectivity index is 2.83. The van der Waals surface area contributed by atoms with Gasteiger partial charge in [-0.15, -0.1) is 0 Å². The Bertz CT molecular complexity index is 448. The van der Waals surface area contributed by atoms with Crippen molar-refractivity contribution < 1.29 is 14.3 Å². The molecule has 4 N–H and O–H groups in total. The minimum Gasteiger partial charge on any atom is -0.495 e. The third-order valence-corrected chi connectivity index (χ3v) is 2.54. The molecule has 1 amide bonds. The molecular weight excluding hydrogens is 244 g/mol. The molecule has 0 saturated heterocycles. The second-order valence-electron chi connectivity index (χ2n) is 3.49. The van der Waals surface area contributed by atoms with Gasteiger partial charge < -0.3 is 16.2 Å². The molecule has 0 fully saturated rings. The summed E-state index contributed by atoms with van der Waals surface area (Å²) in [6.07, 6.45) is -0.141. The third kappa shape index (κ3) is 3.44. The first-order valence-electron chi connectivity index (χ1n) is 4.87. The Morgan fingerprint density at radius 3 is 2.59 bits per heavy atom. The van der Waals surface area contributed by atoms with Crippen molar-refractivity contribution in [3.05, 3.63) is 28.8 Å². The van der Waals surface area contributed by atoms with Crippen LogP contribution in [0.4, 0.5) is 0 Å². The van der Waals surface area contributed by atoms with E-state index in [1.165, 1.54) is 13.2 Å². The van der Waals surface area contributed by atoms with E-state index in [2.05, 4.69) is 0 Å². The summed E-state index contributed by atoms with van der Waals surface area (Å²) < 4.78 is 4.96. The zero-order chi connectivity index (χ0) is 13.0. The number of Topliss-reactive ketones (excluding diaryl/α,β-unsaturated/α-hetero) is 1. The minimum atomic E-state index is -0.983. The van der Waals surface area contributed by atoms with Crippen LogP contribution in [0.3, 0.4) is 0 Å². The summed E-state index contributed by atoms with van der Waals surface area (Å²) in [5.74, 6) is -0.527. The number of ether oxygens (including phenoxy) is 1. The molecule has 0 aliphatic rings. The molecule has 0 heterocycles. The van der Waals surface area contributed by atoms with Crippen LogP contribution in [0, 0.1) is 0 Å². The fourth-order valence-electron chi connectivity index (χ4n) is 1.26. The van der Waals surface area contributed by atoms with E-state index in [-0.39, 0.29) is 12.2 Å². The molecule has 1 atom stereocenters. The highest BCUT2D eigenvalue weighted by atomic mass is 35.5. The van der Waals surface area contributed by atoms with Crippen LogP contribution in [0.2, 0.25) is 5.02 Å². The summed E-state index contributed by atoms with van der Waals surface area (Å²) in [5, 5.41) is 0.325. The van der Waals surface area contributed by atoms with Gasteiger partial charge in [-0.3, -0.25) is 9.59 Å². The fourth-order valence-corrected chi connectivity index (χ4v) is 1.52. The van der Waals surface area contributed by atoms with E-state index in [9.17, 15) is 9.59 Å². The number of halogens is 1. The predicted octanol–water partition coefficient (Wildman–Crippen LogP) is 0.734. The average molecular weight is 257 g/mol. The number of rotatable bonds is 5. The van der Waals surface area contributed by atoms with Crippen LogP contribution in [-0.2, 0) is 4.79 Å². The summed E-state index contributed by atoms with van der Waals surface area (Å²) >= 11 is 5.87. The van der Waals surface area contributed by atoms with Crippen LogP contribution in [0.15, 0.2) is 18.2 Å². The van der Waals surface area contributed by atoms with Crippen molar-refractivity contribution in [2.24, 2.45) is 11.5 Å². The summed E-state index contributed by atoms with van der Waals surface area (Å²) in [4.78, 5) is 22.5. The number of carbonyl (C=O) groups excluding carboxylic acids is 2. The van der Waals surface area contributed by atoms with Crippen LogP contribution < -0.4 is 16.2 Å². The van der Waals surface area contributed by atoms with E-state index in [0.717, 1.165) is 0 Å².